The van der Waals surface area contributed by atoms with Crippen molar-refractivity contribution < 1.29 is 23.8 Å². The topological polar surface area (TPSA) is 55.8 Å². The fraction of sp³-hybridized carbons (Fsp3) is 0.235. The number of carbonyl (C=O) groups is 1. The van der Waals surface area contributed by atoms with Crippen molar-refractivity contribution in [2.24, 2.45) is 0 Å². The molecule has 2 aromatic rings. The van der Waals surface area contributed by atoms with Gasteiger partial charge in [-0.15, -0.1) is 0 Å². The van der Waals surface area contributed by atoms with Crippen LogP contribution in [0.1, 0.15) is 21.5 Å². The number of hydrogen-bond donors (Lipinski definition) is 1. The number of hydrogen-bond acceptors (Lipinski definition) is 3. The lowest BCUT2D eigenvalue weighted by atomic mass is 10.1. The van der Waals surface area contributed by atoms with Gasteiger partial charge in [0.25, 0.3) is 0 Å². The minimum Gasteiger partial charge on any atom is -0.487 e. The molecule has 1 heterocycles. The van der Waals surface area contributed by atoms with E-state index in [1.165, 1.54) is 18.2 Å². The maximum absolute atomic E-state index is 12.8. The number of fused-ring (bicyclic) bond motifs is 1. The number of carboxylic acid groups (broad SMARTS) is 1. The maximum Gasteiger partial charge on any atom is 0.335 e. The van der Waals surface area contributed by atoms with Crippen LogP contribution in [0.3, 0.4) is 0 Å². The highest BCUT2D eigenvalue weighted by atomic mass is 19.1. The summed E-state index contributed by atoms with van der Waals surface area (Å²) in [5.74, 6) is -0.508. The molecule has 0 saturated heterocycles. The summed E-state index contributed by atoms with van der Waals surface area (Å²) in [5.41, 5.74) is 2.04. The molecule has 1 aliphatic heterocycles. The van der Waals surface area contributed by atoms with Gasteiger partial charge in [-0.2, -0.15) is 0 Å². The van der Waals surface area contributed by atoms with E-state index < -0.39 is 5.97 Å². The van der Waals surface area contributed by atoms with Crippen LogP contribution >= 0.6 is 0 Å². The standard InChI is InChI=1S/C17H15FO4/c18-14-4-1-11(2-5-14)9-21-10-15-8-13-7-12(17(19)20)3-6-16(13)22-15/h1-7,15H,8-10H2,(H,19,20)/t15-/m1/s1. The first-order chi connectivity index (χ1) is 10.6. The zero-order chi connectivity index (χ0) is 15.5. The molecule has 0 spiro atoms. The lowest BCUT2D eigenvalue weighted by Crippen LogP contribution is -2.20. The van der Waals surface area contributed by atoms with Gasteiger partial charge >= 0.3 is 5.97 Å². The molecule has 0 fully saturated rings. The zero-order valence-electron chi connectivity index (χ0n) is 11.8. The van der Waals surface area contributed by atoms with Crippen molar-refractivity contribution >= 4 is 5.97 Å². The summed E-state index contributed by atoms with van der Waals surface area (Å²) >= 11 is 0. The largest absolute Gasteiger partial charge is 0.487 e. The SMILES string of the molecule is O=C(O)c1ccc2c(c1)C[C@H](COCc1ccc(F)cc1)O2. The van der Waals surface area contributed by atoms with E-state index in [1.807, 2.05) is 0 Å². The van der Waals surface area contributed by atoms with E-state index in [0.717, 1.165) is 11.1 Å². The summed E-state index contributed by atoms with van der Waals surface area (Å²) in [7, 11) is 0. The molecule has 5 heteroatoms. The minimum atomic E-state index is -0.946. The Labute approximate surface area is 127 Å². The molecule has 0 amide bonds. The molecule has 1 aliphatic rings. The van der Waals surface area contributed by atoms with Gasteiger partial charge in [-0.1, -0.05) is 12.1 Å². The molecule has 114 valence electrons. The van der Waals surface area contributed by atoms with Crippen molar-refractivity contribution in [1.82, 2.24) is 0 Å². The van der Waals surface area contributed by atoms with E-state index in [0.29, 0.717) is 25.4 Å². The highest BCUT2D eigenvalue weighted by Gasteiger charge is 2.24. The molecular formula is C17H15FO4. The monoisotopic (exact) mass is 302 g/mol. The summed E-state index contributed by atoms with van der Waals surface area (Å²) < 4.78 is 24.1. The van der Waals surface area contributed by atoms with Crippen LogP contribution in [0.4, 0.5) is 4.39 Å². The van der Waals surface area contributed by atoms with E-state index >= 15 is 0 Å². The molecule has 0 aliphatic carbocycles. The lowest BCUT2D eigenvalue weighted by molar-refractivity contribution is 0.0510. The second-order valence-electron chi connectivity index (χ2n) is 5.21. The number of ether oxygens (including phenoxy) is 2. The molecule has 22 heavy (non-hydrogen) atoms. The molecule has 0 unspecified atom stereocenters. The Morgan fingerprint density at radius 3 is 2.77 bits per heavy atom. The second-order valence-corrected chi connectivity index (χ2v) is 5.21. The smallest absolute Gasteiger partial charge is 0.335 e. The van der Waals surface area contributed by atoms with Gasteiger partial charge in [-0.3, -0.25) is 0 Å². The minimum absolute atomic E-state index is 0.125. The van der Waals surface area contributed by atoms with E-state index in [2.05, 4.69) is 0 Å². The number of benzene rings is 2. The molecule has 0 bridgehead atoms. The fourth-order valence-corrected chi connectivity index (χ4v) is 2.44. The fourth-order valence-electron chi connectivity index (χ4n) is 2.44. The summed E-state index contributed by atoms with van der Waals surface area (Å²) in [4.78, 5) is 10.9. The van der Waals surface area contributed by atoms with Crippen molar-refractivity contribution in [2.45, 2.75) is 19.1 Å². The van der Waals surface area contributed by atoms with Crippen molar-refractivity contribution in [3.8, 4) is 5.75 Å². The Kier molecular flexibility index (Phi) is 4.06. The third-order valence-corrected chi connectivity index (χ3v) is 3.53. The van der Waals surface area contributed by atoms with Crippen LogP contribution < -0.4 is 4.74 Å². The van der Waals surface area contributed by atoms with Gasteiger partial charge in [0.15, 0.2) is 0 Å². The number of aromatic carboxylic acids is 1. The number of rotatable bonds is 5. The van der Waals surface area contributed by atoms with Crippen molar-refractivity contribution in [3.05, 3.63) is 65.0 Å². The van der Waals surface area contributed by atoms with Crippen molar-refractivity contribution in [3.63, 3.8) is 0 Å². The molecule has 1 N–H and O–H groups in total. The Morgan fingerprint density at radius 2 is 2.05 bits per heavy atom. The highest BCUT2D eigenvalue weighted by Crippen LogP contribution is 2.29. The average Bonchev–Trinajstić information content (AvgIpc) is 2.91. The van der Waals surface area contributed by atoms with Gasteiger partial charge in [-0.25, -0.2) is 9.18 Å². The van der Waals surface area contributed by atoms with Crippen LogP contribution in [-0.4, -0.2) is 23.8 Å². The molecule has 3 rings (SSSR count). The van der Waals surface area contributed by atoms with Gasteiger partial charge < -0.3 is 14.6 Å². The molecule has 0 radical (unpaired) electrons. The molecule has 0 aromatic heterocycles. The summed E-state index contributed by atoms with van der Waals surface area (Å²) in [5, 5.41) is 8.98. The summed E-state index contributed by atoms with van der Waals surface area (Å²) in [6, 6.07) is 11.0. The predicted molar refractivity (Wildman–Crippen MR) is 77.6 cm³/mol. The first-order valence-corrected chi connectivity index (χ1v) is 6.97. The van der Waals surface area contributed by atoms with Crippen molar-refractivity contribution in [2.75, 3.05) is 6.61 Å². The van der Waals surface area contributed by atoms with Gasteiger partial charge in [0.2, 0.25) is 0 Å². The molecule has 4 nitrogen and oxygen atoms in total. The van der Waals surface area contributed by atoms with Gasteiger partial charge in [0.1, 0.15) is 17.7 Å². The predicted octanol–water partition coefficient (Wildman–Crippen LogP) is 3.04. The Hall–Kier alpha value is -2.40. The van der Waals surface area contributed by atoms with Crippen LogP contribution in [0.15, 0.2) is 42.5 Å². The van der Waals surface area contributed by atoms with E-state index in [-0.39, 0.29) is 17.5 Å². The third kappa shape index (κ3) is 3.26. The van der Waals surface area contributed by atoms with Crippen LogP contribution in [0.2, 0.25) is 0 Å². The molecule has 0 saturated carbocycles. The second kappa shape index (κ2) is 6.15. The van der Waals surface area contributed by atoms with Crippen LogP contribution in [0.25, 0.3) is 0 Å². The third-order valence-electron chi connectivity index (χ3n) is 3.53. The van der Waals surface area contributed by atoms with E-state index in [9.17, 15) is 9.18 Å². The lowest BCUT2D eigenvalue weighted by Gasteiger charge is -2.11. The molecule has 1 atom stereocenters. The van der Waals surface area contributed by atoms with Gasteiger partial charge in [-0.05, 0) is 41.5 Å². The Balaban J connectivity index is 1.53. The summed E-state index contributed by atoms with van der Waals surface area (Å²) in [6.45, 7) is 0.783. The number of carboxylic acids is 1. The Bertz CT molecular complexity index is 682. The first-order valence-electron chi connectivity index (χ1n) is 6.97. The Morgan fingerprint density at radius 1 is 1.27 bits per heavy atom. The average molecular weight is 302 g/mol. The van der Waals surface area contributed by atoms with E-state index in [1.54, 1.807) is 24.3 Å². The van der Waals surface area contributed by atoms with Crippen LogP contribution in [-0.2, 0) is 17.8 Å². The van der Waals surface area contributed by atoms with Gasteiger partial charge in [0, 0.05) is 6.42 Å². The number of halogens is 1. The van der Waals surface area contributed by atoms with Gasteiger partial charge in [0.05, 0.1) is 18.8 Å². The molecule has 2 aromatic carbocycles. The van der Waals surface area contributed by atoms with Crippen LogP contribution in [0, 0.1) is 5.82 Å². The maximum atomic E-state index is 12.8. The first kappa shape index (κ1) is 14.5. The quantitative estimate of drug-likeness (QED) is 0.922. The van der Waals surface area contributed by atoms with Crippen molar-refractivity contribution in [1.29, 1.82) is 0 Å². The zero-order valence-corrected chi connectivity index (χ0v) is 11.8. The molecular weight excluding hydrogens is 287 g/mol. The van der Waals surface area contributed by atoms with E-state index in [4.69, 9.17) is 14.6 Å². The highest BCUT2D eigenvalue weighted by molar-refractivity contribution is 5.88. The summed E-state index contributed by atoms with van der Waals surface area (Å²) in [6.07, 6.45) is 0.499. The van der Waals surface area contributed by atoms with Crippen LogP contribution in [0.5, 0.6) is 5.75 Å². The normalized spacial score (nSPS) is 16.1.